The Bertz CT molecular complexity index is 2490. The van der Waals surface area contributed by atoms with Gasteiger partial charge in [0, 0.05) is 32.4 Å². The number of ether oxygens (including phenoxy) is 2. The van der Waals surface area contributed by atoms with Crippen molar-refractivity contribution in [3.8, 4) is 20.9 Å². The van der Waals surface area contributed by atoms with Crippen LogP contribution in [0.5, 0.6) is 0 Å². The van der Waals surface area contributed by atoms with E-state index >= 15 is 0 Å². The van der Waals surface area contributed by atoms with Crippen LogP contribution in [0.15, 0.2) is 109 Å². The summed E-state index contributed by atoms with van der Waals surface area (Å²) >= 11 is 3.22. The van der Waals surface area contributed by atoms with E-state index in [1.54, 1.807) is 53.0 Å². The minimum Gasteiger partial charge on any atom is -0.479 e. The monoisotopic (exact) mass is 902 g/mol. The molecule has 0 bridgehead atoms. The van der Waals surface area contributed by atoms with E-state index in [1.165, 1.54) is 24.3 Å². The van der Waals surface area contributed by atoms with Gasteiger partial charge in [-0.1, -0.05) is 60.7 Å². The number of aliphatic hydroxyl groups is 7. The van der Waals surface area contributed by atoms with Gasteiger partial charge in [-0.3, -0.25) is 0 Å². The number of aliphatic hydroxyl groups excluding tert-OH is 7. The number of aryl methyl sites for hydroxylation is 2. The Morgan fingerprint density at radius 2 is 0.984 bits per heavy atom. The summed E-state index contributed by atoms with van der Waals surface area (Å²) in [4.78, 5) is 15.7. The van der Waals surface area contributed by atoms with Crippen LogP contribution in [0.2, 0.25) is 0 Å². The summed E-state index contributed by atoms with van der Waals surface area (Å²) in [5.41, 5.74) is 7.17. The molecule has 4 aromatic carbocycles. The molecule has 8 N–H and O–H groups in total. The second-order valence-corrected chi connectivity index (χ2v) is 18.1. The largest absolute Gasteiger partial charge is 0.479 e. The molecule has 63 heavy (non-hydrogen) atoms. The first-order valence-corrected chi connectivity index (χ1v) is 21.9. The van der Waals surface area contributed by atoms with Crippen molar-refractivity contribution in [1.82, 2.24) is 0 Å². The molecule has 4 heterocycles. The van der Waals surface area contributed by atoms with E-state index in [-0.39, 0.29) is 11.6 Å². The quantitative estimate of drug-likeness (QED) is 0.0800. The Morgan fingerprint density at radius 3 is 1.41 bits per heavy atom. The van der Waals surface area contributed by atoms with Crippen molar-refractivity contribution >= 4 is 28.6 Å². The van der Waals surface area contributed by atoms with Gasteiger partial charge >= 0.3 is 5.97 Å². The van der Waals surface area contributed by atoms with Crippen LogP contribution < -0.4 is 0 Å². The maximum Gasteiger partial charge on any atom is 0.335 e. The molecule has 10 atom stereocenters. The summed E-state index contributed by atoms with van der Waals surface area (Å²) in [5, 5.41) is 79.7. The van der Waals surface area contributed by atoms with Crippen molar-refractivity contribution in [3.05, 3.63) is 164 Å². The maximum absolute atomic E-state index is 13.2. The second kappa shape index (κ2) is 20.0. The van der Waals surface area contributed by atoms with Gasteiger partial charge in [0.25, 0.3) is 0 Å². The van der Waals surface area contributed by atoms with E-state index in [1.807, 2.05) is 68.4 Å². The third kappa shape index (κ3) is 10.5. The first-order valence-electron chi connectivity index (χ1n) is 20.2. The van der Waals surface area contributed by atoms with Crippen LogP contribution in [0, 0.1) is 25.5 Å². The highest BCUT2D eigenvalue weighted by Crippen LogP contribution is 2.37. The molecule has 6 aromatic rings. The molecule has 0 spiro atoms. The molecule has 2 aliphatic rings. The van der Waals surface area contributed by atoms with Gasteiger partial charge in [0.1, 0.15) is 66.6 Å². The van der Waals surface area contributed by atoms with Gasteiger partial charge in [0.15, 0.2) is 6.10 Å². The molecule has 2 saturated heterocycles. The van der Waals surface area contributed by atoms with Gasteiger partial charge in [-0.15, -0.1) is 22.7 Å². The Morgan fingerprint density at radius 1 is 0.556 bits per heavy atom. The van der Waals surface area contributed by atoms with E-state index in [2.05, 4.69) is 0 Å². The van der Waals surface area contributed by atoms with Crippen LogP contribution >= 0.6 is 22.7 Å². The van der Waals surface area contributed by atoms with Gasteiger partial charge in [-0.05, 0) is 107 Å². The van der Waals surface area contributed by atoms with Crippen LogP contribution in [0.3, 0.4) is 0 Å². The highest BCUT2D eigenvalue weighted by atomic mass is 32.1. The van der Waals surface area contributed by atoms with Gasteiger partial charge in [0.05, 0.1) is 6.61 Å². The number of hydrogen-bond acceptors (Lipinski definition) is 12. The predicted octanol–water partition coefficient (Wildman–Crippen LogP) is 6.03. The molecule has 2 fully saturated rings. The minimum atomic E-state index is -1.72. The summed E-state index contributed by atoms with van der Waals surface area (Å²) in [7, 11) is 0. The standard InChI is InChI=1S/C24H23FO6S.C24H25FO5S/c1-12-2-3-14(22-20(27)19(26)21(28)23(31-22)24(29)30)10-15(12)11-17-8-9-18(32-17)13-4-6-16(25)7-5-13;1-13-2-3-15(24-23(29)22(28)21(27)19(12-26)30-24)10-16(13)11-18-8-9-20(31-18)14-4-6-17(25)7-5-14/h2-10,19-23,26-28H,11H2,1H3,(H,29,30);2-10,19,21-24,26-29H,11-12H2,1H3/t19-,20-,21+,22?,23+;19-,21-,22+,23-,24?/m11/s1. The maximum atomic E-state index is 13.2. The summed E-state index contributed by atoms with van der Waals surface area (Å²) in [6.45, 7) is 3.49. The van der Waals surface area contributed by atoms with E-state index in [9.17, 15) is 54.4 Å². The van der Waals surface area contributed by atoms with Crippen LogP contribution in [0.4, 0.5) is 8.78 Å². The lowest BCUT2D eigenvalue weighted by molar-refractivity contribution is -0.231. The zero-order valence-corrected chi connectivity index (χ0v) is 35.8. The van der Waals surface area contributed by atoms with Crippen molar-refractivity contribution in [1.29, 1.82) is 0 Å². The second-order valence-electron chi connectivity index (χ2n) is 15.8. The summed E-state index contributed by atoms with van der Waals surface area (Å²) in [5.74, 6) is -1.96. The zero-order valence-electron chi connectivity index (χ0n) is 34.2. The van der Waals surface area contributed by atoms with E-state index in [4.69, 9.17) is 9.47 Å². The van der Waals surface area contributed by atoms with Gasteiger partial charge < -0.3 is 50.3 Å². The first-order chi connectivity index (χ1) is 30.1. The van der Waals surface area contributed by atoms with Gasteiger partial charge in [-0.25, -0.2) is 13.6 Å². The average Bonchev–Trinajstić information content (AvgIpc) is 3.95. The predicted molar refractivity (Wildman–Crippen MR) is 233 cm³/mol. The molecule has 8 rings (SSSR count). The Hall–Kier alpha value is -4.75. The topological polar surface area (TPSA) is 197 Å². The van der Waals surface area contributed by atoms with Crippen LogP contribution in [-0.4, -0.2) is 102 Å². The van der Waals surface area contributed by atoms with Crippen molar-refractivity contribution in [2.45, 2.75) is 87.7 Å². The number of carboxylic acids is 1. The van der Waals surface area contributed by atoms with Crippen molar-refractivity contribution in [3.63, 3.8) is 0 Å². The molecule has 332 valence electrons. The third-order valence-electron chi connectivity index (χ3n) is 11.5. The molecule has 2 aromatic heterocycles. The molecule has 0 amide bonds. The number of benzene rings is 4. The van der Waals surface area contributed by atoms with Crippen molar-refractivity contribution in [2.75, 3.05) is 6.61 Å². The van der Waals surface area contributed by atoms with E-state index in [0.29, 0.717) is 24.0 Å². The molecule has 11 nitrogen and oxygen atoms in total. The Balaban J connectivity index is 0.000000189. The first kappa shape index (κ1) is 46.2. The minimum absolute atomic E-state index is 0.263. The van der Waals surface area contributed by atoms with Crippen molar-refractivity contribution < 1.29 is 63.9 Å². The average molecular weight is 903 g/mol. The molecule has 0 radical (unpaired) electrons. The number of carbonyl (C=O) groups is 1. The molecule has 0 saturated carbocycles. The van der Waals surface area contributed by atoms with Crippen LogP contribution in [0.25, 0.3) is 20.9 Å². The SMILES string of the molecule is Cc1ccc(C2O[C@H](C(=O)O)[C@@H](O)[C@H](O)[C@H]2O)cc1Cc1ccc(-c2ccc(F)cc2)s1.Cc1ccc(C2O[C@H](CO)[C@@H](O)[C@H](O)[C@H]2O)cc1Cc1ccc(-c2ccc(F)cc2)s1. The molecule has 2 aliphatic heterocycles. The summed E-state index contributed by atoms with van der Waals surface area (Å²) in [6, 6.07) is 31.8. The fraction of sp³-hybridized carbons (Fsp3) is 0.312. The molecular formula is C48H48F2O11S2. The van der Waals surface area contributed by atoms with Crippen LogP contribution in [-0.2, 0) is 27.1 Å². The normalized spacial score (nSPS) is 25.9. The number of aliphatic carboxylic acids is 1. The van der Waals surface area contributed by atoms with Gasteiger partial charge in [0.2, 0.25) is 0 Å². The highest BCUT2D eigenvalue weighted by molar-refractivity contribution is 7.15. The molecule has 0 aliphatic carbocycles. The van der Waals surface area contributed by atoms with Gasteiger partial charge in [-0.2, -0.15) is 0 Å². The fourth-order valence-corrected chi connectivity index (χ4v) is 9.79. The number of halogens is 2. The van der Waals surface area contributed by atoms with E-state index in [0.717, 1.165) is 52.9 Å². The number of carboxylic acid groups (broad SMARTS) is 1. The van der Waals surface area contributed by atoms with Crippen LogP contribution in [0.1, 0.15) is 55.3 Å². The molecule has 15 heteroatoms. The molecular weight excluding hydrogens is 855 g/mol. The smallest absolute Gasteiger partial charge is 0.335 e. The molecule has 2 unspecified atom stereocenters. The lowest BCUT2D eigenvalue weighted by Crippen LogP contribution is -2.56. The summed E-state index contributed by atoms with van der Waals surface area (Å²) in [6.07, 6.45) is -12.2. The number of hydrogen-bond donors (Lipinski definition) is 8. The number of rotatable bonds is 10. The highest BCUT2D eigenvalue weighted by Gasteiger charge is 2.47. The lowest BCUT2D eigenvalue weighted by Gasteiger charge is -2.40. The number of thiophene rings is 2. The third-order valence-corrected chi connectivity index (χ3v) is 13.7. The zero-order chi connectivity index (χ0) is 45.1. The van der Waals surface area contributed by atoms with E-state index < -0.39 is 73.6 Å². The lowest BCUT2D eigenvalue weighted by atomic mass is 9.89. The summed E-state index contributed by atoms with van der Waals surface area (Å²) < 4.78 is 37.5. The Labute approximate surface area is 370 Å². The fourth-order valence-electron chi connectivity index (χ4n) is 7.71. The Kier molecular flexibility index (Phi) is 14.7. The van der Waals surface area contributed by atoms with Crippen molar-refractivity contribution in [2.24, 2.45) is 0 Å².